The molecule has 0 aliphatic heterocycles. The quantitative estimate of drug-likeness (QED) is 0.623. The molecule has 28 heavy (non-hydrogen) atoms. The summed E-state index contributed by atoms with van der Waals surface area (Å²) < 4.78 is 1.88. The van der Waals surface area contributed by atoms with Gasteiger partial charge < -0.3 is 4.90 Å². The van der Waals surface area contributed by atoms with E-state index in [4.69, 9.17) is 0 Å². The highest BCUT2D eigenvalue weighted by Crippen LogP contribution is 2.36. The second kappa shape index (κ2) is 8.01. The van der Waals surface area contributed by atoms with Gasteiger partial charge in [-0.25, -0.2) is 4.68 Å². The third kappa shape index (κ3) is 3.72. The van der Waals surface area contributed by atoms with Crippen LogP contribution in [0.15, 0.2) is 60.9 Å². The number of benzene rings is 2. The number of aryl methyl sites for hydroxylation is 1. The number of amides is 1. The number of para-hydroxylation sites is 1. The van der Waals surface area contributed by atoms with Crippen LogP contribution < -0.4 is 0 Å². The van der Waals surface area contributed by atoms with Crippen LogP contribution in [-0.2, 0) is 6.54 Å². The van der Waals surface area contributed by atoms with E-state index in [2.05, 4.69) is 36.3 Å². The van der Waals surface area contributed by atoms with Crippen molar-refractivity contribution in [2.45, 2.75) is 45.1 Å². The lowest BCUT2D eigenvalue weighted by Gasteiger charge is -2.20. The van der Waals surface area contributed by atoms with Crippen LogP contribution in [0, 0.1) is 6.92 Å². The average molecular weight is 374 g/mol. The number of hydrogen-bond donors (Lipinski definition) is 0. The second-order valence-electron chi connectivity index (χ2n) is 7.81. The molecule has 4 nitrogen and oxygen atoms in total. The van der Waals surface area contributed by atoms with Gasteiger partial charge in [0.25, 0.3) is 5.91 Å². The van der Waals surface area contributed by atoms with Crippen molar-refractivity contribution < 1.29 is 4.79 Å². The number of nitrogens with zero attached hydrogens (tertiary/aromatic N) is 3. The Balaban J connectivity index is 1.51. The first kappa shape index (κ1) is 18.5. The Bertz CT molecular complexity index is 969. The Kier molecular flexibility index (Phi) is 5.29. The van der Waals surface area contributed by atoms with Crippen LogP contribution in [-0.4, -0.2) is 27.6 Å². The van der Waals surface area contributed by atoms with E-state index in [1.54, 1.807) is 4.90 Å². The zero-order chi connectivity index (χ0) is 19.5. The molecule has 1 aliphatic rings. The molecule has 0 unspecified atom stereocenters. The molecule has 4 rings (SSSR count). The van der Waals surface area contributed by atoms with E-state index in [9.17, 15) is 4.79 Å². The second-order valence-corrected chi connectivity index (χ2v) is 7.81. The van der Waals surface area contributed by atoms with E-state index in [1.807, 2.05) is 48.4 Å². The predicted molar refractivity (Wildman–Crippen MR) is 112 cm³/mol. The standard InChI is InChI=1S/C24H27N3O/c1-18-9-3-8-14-23(18)27-17-19(15-25-27)16-26(2)24(28)22-13-7-6-12-21(22)20-10-4-5-11-20/h3,6-9,12-15,17,20H,4-5,10-11,16H2,1-2H3. The zero-order valence-electron chi connectivity index (χ0n) is 16.6. The largest absolute Gasteiger partial charge is 0.337 e. The van der Waals surface area contributed by atoms with Crippen LogP contribution in [0.1, 0.15) is 58.6 Å². The Labute approximate surface area is 166 Å². The summed E-state index contributed by atoms with van der Waals surface area (Å²) in [5.41, 5.74) is 5.33. The van der Waals surface area contributed by atoms with Crippen molar-refractivity contribution in [3.8, 4) is 5.69 Å². The fourth-order valence-corrected chi connectivity index (χ4v) is 4.23. The Morgan fingerprint density at radius 2 is 1.82 bits per heavy atom. The number of hydrogen-bond acceptors (Lipinski definition) is 2. The number of carbonyl (C=O) groups is 1. The summed E-state index contributed by atoms with van der Waals surface area (Å²) in [6.07, 6.45) is 8.77. The van der Waals surface area contributed by atoms with Gasteiger partial charge in [-0.05, 0) is 48.9 Å². The van der Waals surface area contributed by atoms with Gasteiger partial charge in [0, 0.05) is 30.9 Å². The summed E-state index contributed by atoms with van der Waals surface area (Å²) in [6, 6.07) is 16.3. The topological polar surface area (TPSA) is 38.1 Å². The lowest BCUT2D eigenvalue weighted by atomic mass is 9.92. The summed E-state index contributed by atoms with van der Waals surface area (Å²) in [5.74, 6) is 0.614. The van der Waals surface area contributed by atoms with E-state index in [1.165, 1.54) is 36.8 Å². The molecule has 0 radical (unpaired) electrons. The van der Waals surface area contributed by atoms with E-state index >= 15 is 0 Å². The summed E-state index contributed by atoms with van der Waals surface area (Å²) in [5, 5.41) is 4.49. The first-order valence-corrected chi connectivity index (χ1v) is 10.1. The predicted octanol–water partition coefficient (Wildman–Crippen LogP) is 5.11. The molecular weight excluding hydrogens is 346 g/mol. The van der Waals surface area contributed by atoms with Crippen LogP contribution in [0.4, 0.5) is 0 Å². The molecule has 0 N–H and O–H groups in total. The molecule has 0 bridgehead atoms. The maximum atomic E-state index is 13.2. The summed E-state index contributed by atoms with van der Waals surface area (Å²) in [7, 11) is 1.87. The molecule has 144 valence electrons. The zero-order valence-corrected chi connectivity index (χ0v) is 16.6. The molecule has 1 saturated carbocycles. The molecule has 1 aliphatic carbocycles. The van der Waals surface area contributed by atoms with Crippen molar-refractivity contribution in [1.29, 1.82) is 0 Å². The first-order valence-electron chi connectivity index (χ1n) is 10.1. The van der Waals surface area contributed by atoms with Crippen LogP contribution in [0.3, 0.4) is 0 Å². The van der Waals surface area contributed by atoms with Gasteiger partial charge in [-0.15, -0.1) is 0 Å². The lowest BCUT2D eigenvalue weighted by Crippen LogP contribution is -2.27. The molecule has 1 amide bonds. The Morgan fingerprint density at radius 1 is 1.11 bits per heavy atom. The normalized spacial score (nSPS) is 14.4. The molecule has 4 heteroatoms. The van der Waals surface area contributed by atoms with Crippen molar-refractivity contribution in [2.24, 2.45) is 0 Å². The van der Waals surface area contributed by atoms with E-state index in [0.29, 0.717) is 12.5 Å². The van der Waals surface area contributed by atoms with Crippen molar-refractivity contribution in [2.75, 3.05) is 7.05 Å². The Hall–Kier alpha value is -2.88. The van der Waals surface area contributed by atoms with Crippen LogP contribution in [0.2, 0.25) is 0 Å². The lowest BCUT2D eigenvalue weighted by molar-refractivity contribution is 0.0783. The molecular formula is C24H27N3O. The van der Waals surface area contributed by atoms with Gasteiger partial charge in [-0.1, -0.05) is 49.2 Å². The highest BCUT2D eigenvalue weighted by Gasteiger charge is 2.24. The van der Waals surface area contributed by atoms with Gasteiger partial charge in [-0.3, -0.25) is 4.79 Å². The van der Waals surface area contributed by atoms with E-state index < -0.39 is 0 Å². The summed E-state index contributed by atoms with van der Waals surface area (Å²) >= 11 is 0. The minimum Gasteiger partial charge on any atom is -0.337 e. The molecule has 0 atom stereocenters. The van der Waals surface area contributed by atoms with Gasteiger partial charge >= 0.3 is 0 Å². The fraction of sp³-hybridized carbons (Fsp3) is 0.333. The average Bonchev–Trinajstić information content (AvgIpc) is 3.40. The van der Waals surface area contributed by atoms with Crippen LogP contribution >= 0.6 is 0 Å². The third-order valence-corrected chi connectivity index (χ3v) is 5.75. The number of aromatic nitrogens is 2. The Morgan fingerprint density at radius 3 is 2.61 bits per heavy atom. The van der Waals surface area contributed by atoms with Crippen LogP contribution in [0.25, 0.3) is 5.69 Å². The number of carbonyl (C=O) groups excluding carboxylic acids is 1. The smallest absolute Gasteiger partial charge is 0.254 e. The fourth-order valence-electron chi connectivity index (χ4n) is 4.23. The van der Waals surface area contributed by atoms with Gasteiger partial charge in [0.2, 0.25) is 0 Å². The molecule has 1 heterocycles. The van der Waals surface area contributed by atoms with Gasteiger partial charge in [-0.2, -0.15) is 5.10 Å². The minimum atomic E-state index is 0.0890. The van der Waals surface area contributed by atoms with Gasteiger partial charge in [0.1, 0.15) is 0 Å². The summed E-state index contributed by atoms with van der Waals surface area (Å²) in [6.45, 7) is 2.62. The SMILES string of the molecule is Cc1ccccc1-n1cc(CN(C)C(=O)c2ccccc2C2CCCC2)cn1. The minimum absolute atomic E-state index is 0.0890. The van der Waals surface area contributed by atoms with Gasteiger partial charge in [0.05, 0.1) is 11.9 Å². The monoisotopic (exact) mass is 373 g/mol. The third-order valence-electron chi connectivity index (χ3n) is 5.75. The number of rotatable bonds is 5. The molecule has 0 saturated heterocycles. The van der Waals surface area contributed by atoms with Crippen molar-refractivity contribution in [1.82, 2.24) is 14.7 Å². The van der Waals surface area contributed by atoms with Crippen molar-refractivity contribution in [3.63, 3.8) is 0 Å². The molecule has 1 fully saturated rings. The van der Waals surface area contributed by atoms with E-state index in [-0.39, 0.29) is 5.91 Å². The highest BCUT2D eigenvalue weighted by molar-refractivity contribution is 5.95. The highest BCUT2D eigenvalue weighted by atomic mass is 16.2. The van der Waals surface area contributed by atoms with Crippen molar-refractivity contribution in [3.05, 3.63) is 83.2 Å². The van der Waals surface area contributed by atoms with Crippen molar-refractivity contribution >= 4 is 5.91 Å². The molecule has 3 aromatic rings. The summed E-state index contributed by atoms with van der Waals surface area (Å²) in [4.78, 5) is 15.0. The van der Waals surface area contributed by atoms with Crippen LogP contribution in [0.5, 0.6) is 0 Å². The molecule has 1 aromatic heterocycles. The maximum Gasteiger partial charge on any atom is 0.254 e. The first-order chi connectivity index (χ1) is 13.6. The molecule has 2 aromatic carbocycles. The molecule has 0 spiro atoms. The van der Waals surface area contributed by atoms with Gasteiger partial charge in [0.15, 0.2) is 0 Å². The maximum absolute atomic E-state index is 13.2. The van der Waals surface area contributed by atoms with E-state index in [0.717, 1.165) is 16.8 Å².